The van der Waals surface area contributed by atoms with Crippen molar-refractivity contribution < 1.29 is 4.92 Å². The van der Waals surface area contributed by atoms with Crippen LogP contribution >= 0.6 is 15.9 Å². The molecule has 0 bridgehead atoms. The molecule has 1 N–H and O–H groups in total. The molecule has 82 valence electrons. The number of nitro groups is 1. The third kappa shape index (κ3) is 3.51. The molecule has 0 amide bonds. The molecular formula is C10H13BrN2O2. The molecule has 5 heteroatoms. The molecule has 0 saturated carbocycles. The second-order valence-corrected chi connectivity index (χ2v) is 5.21. The predicted molar refractivity (Wildman–Crippen MR) is 64.2 cm³/mol. The molecule has 1 aromatic rings. The highest BCUT2D eigenvalue weighted by Gasteiger charge is 2.18. The van der Waals surface area contributed by atoms with Gasteiger partial charge in [0.15, 0.2) is 0 Å². The van der Waals surface area contributed by atoms with E-state index in [1.165, 1.54) is 6.07 Å². The van der Waals surface area contributed by atoms with Crippen molar-refractivity contribution in [1.29, 1.82) is 0 Å². The van der Waals surface area contributed by atoms with Crippen LogP contribution in [0.3, 0.4) is 0 Å². The molecule has 0 radical (unpaired) electrons. The van der Waals surface area contributed by atoms with Gasteiger partial charge in [0.2, 0.25) is 0 Å². The lowest BCUT2D eigenvalue weighted by molar-refractivity contribution is -0.384. The highest BCUT2D eigenvalue weighted by atomic mass is 79.9. The van der Waals surface area contributed by atoms with E-state index in [0.717, 1.165) is 4.47 Å². The Morgan fingerprint density at radius 2 is 2.00 bits per heavy atom. The summed E-state index contributed by atoms with van der Waals surface area (Å²) in [6.45, 7) is 5.87. The van der Waals surface area contributed by atoms with Gasteiger partial charge in [0.1, 0.15) is 5.69 Å². The van der Waals surface area contributed by atoms with Crippen LogP contribution in [0.15, 0.2) is 22.7 Å². The van der Waals surface area contributed by atoms with Gasteiger partial charge in [-0.1, -0.05) is 15.9 Å². The van der Waals surface area contributed by atoms with Gasteiger partial charge in [-0.15, -0.1) is 0 Å². The molecule has 1 aromatic carbocycles. The number of halogens is 1. The van der Waals surface area contributed by atoms with Crippen molar-refractivity contribution in [3.05, 3.63) is 32.8 Å². The van der Waals surface area contributed by atoms with Gasteiger partial charge in [-0.3, -0.25) is 10.1 Å². The highest BCUT2D eigenvalue weighted by molar-refractivity contribution is 9.10. The first-order valence-corrected chi connectivity index (χ1v) is 5.31. The van der Waals surface area contributed by atoms with E-state index in [0.29, 0.717) is 5.69 Å². The molecule has 1 rings (SSSR count). The van der Waals surface area contributed by atoms with E-state index in [-0.39, 0.29) is 16.1 Å². The Labute approximate surface area is 97.0 Å². The fourth-order valence-electron chi connectivity index (χ4n) is 1.17. The van der Waals surface area contributed by atoms with Crippen LogP contribution in [0.4, 0.5) is 11.4 Å². The van der Waals surface area contributed by atoms with Gasteiger partial charge < -0.3 is 5.32 Å². The first-order valence-electron chi connectivity index (χ1n) is 4.52. The minimum Gasteiger partial charge on any atom is -0.375 e. The van der Waals surface area contributed by atoms with E-state index in [1.54, 1.807) is 12.1 Å². The molecule has 0 unspecified atom stereocenters. The number of nitro benzene ring substituents is 1. The van der Waals surface area contributed by atoms with Crippen LogP contribution in [0.1, 0.15) is 20.8 Å². The standard InChI is InChI=1S/C10H13BrN2O2/c1-10(2,3)12-8-6-7(11)4-5-9(8)13(14)15/h4-6,12H,1-3H3. The van der Waals surface area contributed by atoms with Crippen LogP contribution in [0, 0.1) is 10.1 Å². The van der Waals surface area contributed by atoms with Crippen molar-refractivity contribution in [3.8, 4) is 0 Å². The van der Waals surface area contributed by atoms with E-state index in [2.05, 4.69) is 21.2 Å². The first-order chi connectivity index (χ1) is 6.79. The molecule has 0 fully saturated rings. The Morgan fingerprint density at radius 3 is 2.47 bits per heavy atom. The summed E-state index contributed by atoms with van der Waals surface area (Å²) in [6, 6.07) is 4.85. The number of anilines is 1. The SMILES string of the molecule is CC(C)(C)Nc1cc(Br)ccc1[N+](=O)[O-]. The van der Waals surface area contributed by atoms with Crippen LogP contribution in [0.5, 0.6) is 0 Å². The Bertz CT molecular complexity index is 385. The van der Waals surface area contributed by atoms with Crippen LogP contribution in [0.2, 0.25) is 0 Å². The minimum absolute atomic E-state index is 0.0909. The topological polar surface area (TPSA) is 55.2 Å². The van der Waals surface area contributed by atoms with Gasteiger partial charge in [0, 0.05) is 16.1 Å². The predicted octanol–water partition coefficient (Wildman–Crippen LogP) is 3.57. The van der Waals surface area contributed by atoms with E-state index in [1.807, 2.05) is 20.8 Å². The average Bonchev–Trinajstić information content (AvgIpc) is 1.99. The Balaban J connectivity index is 3.13. The van der Waals surface area contributed by atoms with Crippen molar-refractivity contribution in [2.24, 2.45) is 0 Å². The van der Waals surface area contributed by atoms with Crippen molar-refractivity contribution in [3.63, 3.8) is 0 Å². The molecule has 0 spiro atoms. The lowest BCUT2D eigenvalue weighted by atomic mass is 10.1. The molecule has 0 saturated heterocycles. The van der Waals surface area contributed by atoms with E-state index in [4.69, 9.17) is 0 Å². The highest BCUT2D eigenvalue weighted by Crippen LogP contribution is 2.29. The van der Waals surface area contributed by atoms with Crippen molar-refractivity contribution in [1.82, 2.24) is 0 Å². The molecule has 0 heterocycles. The number of nitrogens with zero attached hydrogens (tertiary/aromatic N) is 1. The second-order valence-electron chi connectivity index (χ2n) is 4.29. The van der Waals surface area contributed by atoms with E-state index in [9.17, 15) is 10.1 Å². The van der Waals surface area contributed by atoms with Crippen LogP contribution in [0.25, 0.3) is 0 Å². The monoisotopic (exact) mass is 272 g/mol. The molecule has 15 heavy (non-hydrogen) atoms. The van der Waals surface area contributed by atoms with Gasteiger partial charge in [0.05, 0.1) is 4.92 Å². The number of benzene rings is 1. The maximum absolute atomic E-state index is 10.8. The molecule has 0 aliphatic rings. The molecule has 0 aliphatic carbocycles. The lowest BCUT2D eigenvalue weighted by Gasteiger charge is -2.21. The maximum atomic E-state index is 10.8. The Kier molecular flexibility index (Phi) is 3.34. The number of hydrogen-bond donors (Lipinski definition) is 1. The molecular weight excluding hydrogens is 260 g/mol. The third-order valence-electron chi connectivity index (χ3n) is 1.66. The van der Waals surface area contributed by atoms with Gasteiger partial charge in [-0.25, -0.2) is 0 Å². The summed E-state index contributed by atoms with van der Waals surface area (Å²) in [7, 11) is 0. The van der Waals surface area contributed by atoms with Crippen molar-refractivity contribution in [2.75, 3.05) is 5.32 Å². The minimum atomic E-state index is -0.388. The Hall–Kier alpha value is -1.10. The summed E-state index contributed by atoms with van der Waals surface area (Å²) in [5.74, 6) is 0. The smallest absolute Gasteiger partial charge is 0.292 e. The van der Waals surface area contributed by atoms with Crippen LogP contribution in [-0.2, 0) is 0 Å². The number of rotatable bonds is 2. The number of nitrogens with one attached hydrogen (secondary N) is 1. The summed E-state index contributed by atoms with van der Waals surface area (Å²) < 4.78 is 0.819. The van der Waals surface area contributed by atoms with E-state index >= 15 is 0 Å². The normalized spacial score (nSPS) is 11.2. The summed E-state index contributed by atoms with van der Waals surface area (Å²) in [6.07, 6.45) is 0. The second kappa shape index (κ2) is 4.18. The average molecular weight is 273 g/mol. The molecule has 0 atom stereocenters. The zero-order chi connectivity index (χ0) is 11.6. The summed E-state index contributed by atoms with van der Waals surface area (Å²) in [5, 5.41) is 13.9. The zero-order valence-electron chi connectivity index (χ0n) is 8.87. The molecule has 0 aliphatic heterocycles. The van der Waals surface area contributed by atoms with Crippen LogP contribution in [-0.4, -0.2) is 10.5 Å². The van der Waals surface area contributed by atoms with Crippen molar-refractivity contribution in [2.45, 2.75) is 26.3 Å². The zero-order valence-corrected chi connectivity index (χ0v) is 10.5. The van der Waals surface area contributed by atoms with Gasteiger partial charge >= 0.3 is 0 Å². The third-order valence-corrected chi connectivity index (χ3v) is 2.16. The summed E-state index contributed by atoms with van der Waals surface area (Å²) >= 11 is 3.29. The lowest BCUT2D eigenvalue weighted by Crippen LogP contribution is -2.26. The van der Waals surface area contributed by atoms with Gasteiger partial charge in [-0.2, -0.15) is 0 Å². The first kappa shape index (κ1) is 12.0. The summed E-state index contributed by atoms with van der Waals surface area (Å²) in [4.78, 5) is 10.4. The van der Waals surface area contributed by atoms with E-state index < -0.39 is 0 Å². The molecule has 0 aromatic heterocycles. The van der Waals surface area contributed by atoms with Crippen LogP contribution < -0.4 is 5.32 Å². The van der Waals surface area contributed by atoms with Crippen molar-refractivity contribution >= 4 is 27.3 Å². The quantitative estimate of drug-likeness (QED) is 0.662. The maximum Gasteiger partial charge on any atom is 0.292 e. The summed E-state index contributed by atoms with van der Waals surface area (Å²) in [5.41, 5.74) is 0.418. The van der Waals surface area contributed by atoms with Gasteiger partial charge in [0.25, 0.3) is 5.69 Å². The fourth-order valence-corrected chi connectivity index (χ4v) is 1.53. The number of hydrogen-bond acceptors (Lipinski definition) is 3. The van der Waals surface area contributed by atoms with Gasteiger partial charge in [-0.05, 0) is 32.9 Å². The molecule has 4 nitrogen and oxygen atoms in total. The Morgan fingerprint density at radius 1 is 1.40 bits per heavy atom. The fraction of sp³-hybridized carbons (Fsp3) is 0.400. The largest absolute Gasteiger partial charge is 0.375 e.